The van der Waals surface area contributed by atoms with Crippen molar-refractivity contribution < 1.29 is 9.53 Å². The summed E-state index contributed by atoms with van der Waals surface area (Å²) in [6, 6.07) is 5.33. The van der Waals surface area contributed by atoms with E-state index in [1.54, 1.807) is 0 Å². The second-order valence-corrected chi connectivity index (χ2v) is 5.78. The van der Waals surface area contributed by atoms with Gasteiger partial charge in [0.05, 0.1) is 35.5 Å². The highest BCUT2D eigenvalue weighted by Crippen LogP contribution is 2.34. The molecule has 6 heteroatoms. The Morgan fingerprint density at radius 1 is 1.38 bits per heavy atom. The normalized spacial score (nSPS) is 18.2. The van der Waals surface area contributed by atoms with Crippen molar-refractivity contribution in [3.05, 3.63) is 23.2 Å². The van der Waals surface area contributed by atoms with Crippen molar-refractivity contribution >= 4 is 28.9 Å². The van der Waals surface area contributed by atoms with Crippen molar-refractivity contribution in [2.45, 2.75) is 19.9 Å². The lowest BCUT2D eigenvalue weighted by molar-refractivity contribution is -0.119. The first-order valence-corrected chi connectivity index (χ1v) is 7.56. The van der Waals surface area contributed by atoms with Crippen molar-refractivity contribution in [1.82, 2.24) is 0 Å². The van der Waals surface area contributed by atoms with Gasteiger partial charge in [-0.1, -0.05) is 24.6 Å². The topological polar surface area (TPSA) is 67.6 Å². The number of ether oxygens (including phenoxy) is 1. The maximum Gasteiger partial charge on any atom is 0.228 e. The molecule has 0 spiro atoms. The van der Waals surface area contributed by atoms with Crippen molar-refractivity contribution in [2.75, 3.05) is 36.5 Å². The number of halogens is 1. The fourth-order valence-corrected chi connectivity index (χ4v) is 2.50. The highest BCUT2D eigenvalue weighted by atomic mass is 35.5. The van der Waals surface area contributed by atoms with Gasteiger partial charge in [0.25, 0.3) is 0 Å². The van der Waals surface area contributed by atoms with Crippen LogP contribution in [0.5, 0.6) is 0 Å². The van der Waals surface area contributed by atoms with E-state index in [0.717, 1.165) is 24.5 Å². The summed E-state index contributed by atoms with van der Waals surface area (Å²) >= 11 is 6.33. The fourth-order valence-electron chi connectivity index (χ4n) is 2.21. The molecule has 0 aliphatic carbocycles. The van der Waals surface area contributed by atoms with Gasteiger partial charge in [-0.05, 0) is 19.1 Å². The fraction of sp³-hybridized carbons (Fsp3) is 0.533. The minimum atomic E-state index is -0.262. The summed E-state index contributed by atoms with van der Waals surface area (Å²) < 4.78 is 5.36. The summed E-state index contributed by atoms with van der Waals surface area (Å²) in [7, 11) is 0. The number of hydrogen-bond acceptors (Lipinski definition) is 4. The van der Waals surface area contributed by atoms with Gasteiger partial charge in [0.1, 0.15) is 0 Å². The molecular weight excluding hydrogens is 290 g/mol. The van der Waals surface area contributed by atoms with Gasteiger partial charge >= 0.3 is 0 Å². The van der Waals surface area contributed by atoms with Gasteiger partial charge < -0.3 is 20.7 Å². The molecule has 2 atom stereocenters. The van der Waals surface area contributed by atoms with Crippen LogP contribution < -0.4 is 16.0 Å². The number of nitrogens with two attached hydrogens (primary N) is 1. The van der Waals surface area contributed by atoms with Crippen LogP contribution in [0.2, 0.25) is 5.02 Å². The number of carbonyl (C=O) groups excluding carboxylic acids is 1. The zero-order valence-corrected chi connectivity index (χ0v) is 13.2. The Labute approximate surface area is 130 Å². The van der Waals surface area contributed by atoms with E-state index in [-0.39, 0.29) is 17.9 Å². The van der Waals surface area contributed by atoms with E-state index in [4.69, 9.17) is 22.1 Å². The van der Waals surface area contributed by atoms with Crippen LogP contribution in [0.1, 0.15) is 13.8 Å². The number of nitrogens with zero attached hydrogens (tertiary/aromatic N) is 1. The monoisotopic (exact) mass is 311 g/mol. The lowest BCUT2D eigenvalue weighted by atomic mass is 10.0. The van der Waals surface area contributed by atoms with E-state index in [0.29, 0.717) is 18.2 Å². The quantitative estimate of drug-likeness (QED) is 0.893. The van der Waals surface area contributed by atoms with Crippen LogP contribution in [-0.2, 0) is 9.53 Å². The molecule has 1 aliphatic heterocycles. The van der Waals surface area contributed by atoms with E-state index in [1.807, 2.05) is 32.0 Å². The van der Waals surface area contributed by atoms with E-state index in [9.17, 15) is 4.79 Å². The third kappa shape index (κ3) is 3.87. The number of amides is 1. The molecule has 1 saturated heterocycles. The average molecular weight is 312 g/mol. The Morgan fingerprint density at radius 2 is 2.05 bits per heavy atom. The van der Waals surface area contributed by atoms with E-state index >= 15 is 0 Å². The number of benzene rings is 1. The van der Waals surface area contributed by atoms with Gasteiger partial charge in [-0.2, -0.15) is 0 Å². The number of carbonyl (C=O) groups is 1. The molecule has 0 saturated carbocycles. The predicted octanol–water partition coefficient (Wildman–Crippen LogP) is 2.10. The minimum Gasteiger partial charge on any atom is -0.378 e. The van der Waals surface area contributed by atoms with Crippen LogP contribution >= 0.6 is 11.6 Å². The molecule has 0 aromatic heterocycles. The van der Waals surface area contributed by atoms with Crippen LogP contribution in [-0.4, -0.2) is 38.3 Å². The largest absolute Gasteiger partial charge is 0.378 e. The predicted molar refractivity (Wildman–Crippen MR) is 85.9 cm³/mol. The molecule has 0 radical (unpaired) electrons. The Hall–Kier alpha value is -1.30. The van der Waals surface area contributed by atoms with Crippen LogP contribution in [0.25, 0.3) is 0 Å². The molecule has 1 aliphatic rings. The molecule has 5 nitrogen and oxygen atoms in total. The second-order valence-electron chi connectivity index (χ2n) is 5.37. The average Bonchev–Trinajstić information content (AvgIpc) is 2.47. The lowest BCUT2D eigenvalue weighted by Gasteiger charge is -2.31. The molecule has 0 bridgehead atoms. The van der Waals surface area contributed by atoms with Crippen LogP contribution in [0.15, 0.2) is 18.2 Å². The van der Waals surface area contributed by atoms with E-state index in [1.165, 1.54) is 0 Å². The summed E-state index contributed by atoms with van der Waals surface area (Å²) in [5.74, 6) is -0.358. The van der Waals surface area contributed by atoms with Crippen molar-refractivity contribution in [2.24, 2.45) is 11.7 Å². The summed E-state index contributed by atoms with van der Waals surface area (Å²) in [5, 5.41) is 3.57. The van der Waals surface area contributed by atoms with Gasteiger partial charge in [-0.25, -0.2) is 0 Å². The molecule has 1 aromatic carbocycles. The molecule has 21 heavy (non-hydrogen) atoms. The summed E-state index contributed by atoms with van der Waals surface area (Å²) in [6.45, 7) is 6.48. The highest BCUT2D eigenvalue weighted by Gasteiger charge is 2.22. The smallest absolute Gasteiger partial charge is 0.228 e. The first-order valence-electron chi connectivity index (χ1n) is 7.18. The summed E-state index contributed by atoms with van der Waals surface area (Å²) in [4.78, 5) is 14.4. The third-order valence-electron chi connectivity index (χ3n) is 3.77. The zero-order chi connectivity index (χ0) is 15.4. The molecule has 1 aromatic rings. The lowest BCUT2D eigenvalue weighted by Crippen LogP contribution is -2.38. The maximum absolute atomic E-state index is 12.2. The van der Waals surface area contributed by atoms with Gasteiger partial charge in [-0.15, -0.1) is 0 Å². The maximum atomic E-state index is 12.2. The Morgan fingerprint density at radius 3 is 2.67 bits per heavy atom. The van der Waals surface area contributed by atoms with Crippen molar-refractivity contribution in [3.63, 3.8) is 0 Å². The van der Waals surface area contributed by atoms with Gasteiger partial charge in [0.15, 0.2) is 0 Å². The number of morpholine rings is 1. The molecule has 2 unspecified atom stereocenters. The van der Waals surface area contributed by atoms with Crippen molar-refractivity contribution in [3.8, 4) is 0 Å². The molecule has 2 rings (SSSR count). The Balaban J connectivity index is 2.23. The molecule has 1 fully saturated rings. The Kier molecular flexibility index (Phi) is 5.45. The molecule has 1 amide bonds. The van der Waals surface area contributed by atoms with Crippen molar-refractivity contribution in [1.29, 1.82) is 0 Å². The van der Waals surface area contributed by atoms with Crippen LogP contribution in [0.3, 0.4) is 0 Å². The highest BCUT2D eigenvalue weighted by molar-refractivity contribution is 6.34. The summed E-state index contributed by atoms with van der Waals surface area (Å²) in [5.41, 5.74) is 7.37. The van der Waals surface area contributed by atoms with E-state index < -0.39 is 0 Å². The van der Waals surface area contributed by atoms with Gasteiger partial charge in [-0.3, -0.25) is 4.79 Å². The number of para-hydroxylation sites is 1. The zero-order valence-electron chi connectivity index (χ0n) is 12.4. The molecule has 3 N–H and O–H groups in total. The standard InChI is InChI=1S/C15H22ClN3O2/c1-10(11(2)17)15(20)18-13-5-3-4-12(16)14(13)19-6-8-21-9-7-19/h3-5,10-11H,6-9,17H2,1-2H3,(H,18,20). The third-order valence-corrected chi connectivity index (χ3v) is 4.08. The molecule has 1 heterocycles. The summed E-state index contributed by atoms with van der Waals surface area (Å²) in [6.07, 6.45) is 0. The number of rotatable bonds is 4. The van der Waals surface area contributed by atoms with Crippen LogP contribution in [0.4, 0.5) is 11.4 Å². The number of hydrogen-bond donors (Lipinski definition) is 2. The first kappa shape index (κ1) is 16.1. The molecular formula is C15H22ClN3O2. The van der Waals surface area contributed by atoms with Gasteiger partial charge in [0, 0.05) is 19.1 Å². The van der Waals surface area contributed by atoms with Gasteiger partial charge in [0.2, 0.25) is 5.91 Å². The SMILES string of the molecule is CC(N)C(C)C(=O)Nc1cccc(Cl)c1N1CCOCC1. The van der Waals surface area contributed by atoms with Crippen LogP contribution in [0, 0.1) is 5.92 Å². The number of anilines is 2. The number of nitrogens with one attached hydrogen (secondary N) is 1. The Bertz CT molecular complexity index is 502. The minimum absolute atomic E-state index is 0.0956. The first-order chi connectivity index (χ1) is 10.0. The molecule has 116 valence electrons. The van der Waals surface area contributed by atoms with E-state index in [2.05, 4.69) is 10.2 Å². The second kappa shape index (κ2) is 7.11.